The molecule has 0 bridgehead atoms. The Morgan fingerprint density at radius 3 is 2.61 bits per heavy atom. The molecule has 0 saturated carbocycles. The third kappa shape index (κ3) is 4.68. The van der Waals surface area contributed by atoms with Gasteiger partial charge in [-0.05, 0) is 48.2 Å². The van der Waals surface area contributed by atoms with Gasteiger partial charge in [-0.15, -0.1) is 10.2 Å². The van der Waals surface area contributed by atoms with Crippen LogP contribution in [0, 0.1) is 6.92 Å². The molecular formula is C22H27N3O2S. The van der Waals surface area contributed by atoms with Gasteiger partial charge in [-0.3, -0.25) is 0 Å². The molecule has 0 N–H and O–H groups in total. The van der Waals surface area contributed by atoms with Crippen molar-refractivity contribution in [2.24, 2.45) is 7.05 Å². The maximum absolute atomic E-state index is 5.91. The number of rotatable bonds is 8. The van der Waals surface area contributed by atoms with Crippen molar-refractivity contribution in [2.75, 3.05) is 19.5 Å². The Labute approximate surface area is 171 Å². The second kappa shape index (κ2) is 9.15. The molecule has 0 aliphatic heterocycles. The van der Waals surface area contributed by atoms with Gasteiger partial charge in [-0.1, -0.05) is 43.8 Å². The number of benzene rings is 2. The van der Waals surface area contributed by atoms with Crippen LogP contribution in [-0.4, -0.2) is 34.2 Å². The zero-order chi connectivity index (χ0) is 20.1. The summed E-state index contributed by atoms with van der Waals surface area (Å²) in [6.45, 7) is 7.17. The van der Waals surface area contributed by atoms with Crippen LogP contribution in [-0.2, 0) is 7.05 Å². The minimum Gasteiger partial charge on any atom is -0.497 e. The molecule has 0 unspecified atom stereocenters. The van der Waals surface area contributed by atoms with Crippen molar-refractivity contribution in [3.05, 3.63) is 53.6 Å². The van der Waals surface area contributed by atoms with Crippen LogP contribution in [0.5, 0.6) is 11.5 Å². The number of aromatic nitrogens is 3. The number of hydrogen-bond acceptors (Lipinski definition) is 5. The van der Waals surface area contributed by atoms with E-state index in [9.17, 15) is 0 Å². The predicted octanol–water partition coefficient (Wildman–Crippen LogP) is 5.09. The molecule has 28 heavy (non-hydrogen) atoms. The van der Waals surface area contributed by atoms with E-state index in [-0.39, 0.29) is 0 Å². The van der Waals surface area contributed by atoms with E-state index in [1.807, 2.05) is 35.9 Å². The number of aryl methyl sites for hydroxylation is 1. The zero-order valence-electron chi connectivity index (χ0n) is 17.1. The first-order valence-corrected chi connectivity index (χ1v) is 10.4. The Morgan fingerprint density at radius 1 is 1.07 bits per heavy atom. The maximum Gasteiger partial charge on any atom is 0.191 e. The molecule has 0 saturated heterocycles. The van der Waals surface area contributed by atoms with Gasteiger partial charge in [0.25, 0.3) is 0 Å². The van der Waals surface area contributed by atoms with Gasteiger partial charge in [0.05, 0.1) is 13.7 Å². The summed E-state index contributed by atoms with van der Waals surface area (Å²) in [5.74, 6) is 3.87. The Morgan fingerprint density at radius 2 is 1.89 bits per heavy atom. The summed E-state index contributed by atoms with van der Waals surface area (Å²) in [5, 5.41) is 9.52. The molecule has 5 nitrogen and oxygen atoms in total. The third-order valence-corrected chi connectivity index (χ3v) is 5.59. The van der Waals surface area contributed by atoms with Crippen LogP contribution < -0.4 is 9.47 Å². The molecule has 2 aromatic carbocycles. The Bertz CT molecular complexity index is 937. The van der Waals surface area contributed by atoms with E-state index < -0.39 is 0 Å². The lowest BCUT2D eigenvalue weighted by Crippen LogP contribution is -2.03. The fourth-order valence-corrected chi connectivity index (χ4v) is 3.86. The topological polar surface area (TPSA) is 49.2 Å². The monoisotopic (exact) mass is 397 g/mol. The molecule has 148 valence electrons. The number of ether oxygens (including phenoxy) is 2. The number of methoxy groups -OCH3 is 1. The van der Waals surface area contributed by atoms with Crippen molar-refractivity contribution in [3.63, 3.8) is 0 Å². The summed E-state index contributed by atoms with van der Waals surface area (Å²) >= 11 is 1.64. The van der Waals surface area contributed by atoms with Crippen LogP contribution in [0.3, 0.4) is 0 Å². The first-order valence-electron chi connectivity index (χ1n) is 9.39. The smallest absolute Gasteiger partial charge is 0.191 e. The summed E-state index contributed by atoms with van der Waals surface area (Å²) < 4.78 is 13.2. The van der Waals surface area contributed by atoms with E-state index in [2.05, 4.69) is 49.2 Å². The maximum atomic E-state index is 5.91. The molecule has 0 aliphatic carbocycles. The normalized spacial score (nSPS) is 11.1. The van der Waals surface area contributed by atoms with E-state index in [0.29, 0.717) is 12.5 Å². The molecule has 0 spiro atoms. The first-order chi connectivity index (χ1) is 13.5. The number of nitrogens with zero attached hydrogens (tertiary/aromatic N) is 3. The van der Waals surface area contributed by atoms with Gasteiger partial charge in [-0.25, -0.2) is 0 Å². The molecule has 3 aromatic rings. The average molecular weight is 398 g/mol. The SMILES string of the molecule is COc1cccc(-c2nnc(SCCOc3ccc(C(C)C)c(C)c3)n2C)c1. The summed E-state index contributed by atoms with van der Waals surface area (Å²) in [6.07, 6.45) is 0. The van der Waals surface area contributed by atoms with Crippen molar-refractivity contribution in [1.82, 2.24) is 14.8 Å². The van der Waals surface area contributed by atoms with Gasteiger partial charge >= 0.3 is 0 Å². The first kappa shape index (κ1) is 20.3. The van der Waals surface area contributed by atoms with Crippen molar-refractivity contribution in [1.29, 1.82) is 0 Å². The second-order valence-electron chi connectivity index (χ2n) is 6.97. The molecule has 6 heteroatoms. The molecule has 0 fully saturated rings. The van der Waals surface area contributed by atoms with Gasteiger partial charge in [0, 0.05) is 18.4 Å². The zero-order valence-corrected chi connectivity index (χ0v) is 17.9. The predicted molar refractivity (Wildman–Crippen MR) is 114 cm³/mol. The molecule has 0 aliphatic rings. The molecule has 1 heterocycles. The molecular weight excluding hydrogens is 370 g/mol. The van der Waals surface area contributed by atoms with Gasteiger partial charge < -0.3 is 14.0 Å². The fraction of sp³-hybridized carbons (Fsp3) is 0.364. The fourth-order valence-electron chi connectivity index (χ4n) is 3.13. The lowest BCUT2D eigenvalue weighted by Gasteiger charge is -2.12. The second-order valence-corrected chi connectivity index (χ2v) is 8.03. The summed E-state index contributed by atoms with van der Waals surface area (Å²) in [4.78, 5) is 0. The standard InChI is InChI=1S/C22H27N3O2S/c1-15(2)20-10-9-19(13-16(20)3)27-11-12-28-22-24-23-21(25(22)4)17-7-6-8-18(14-17)26-5/h6-10,13-15H,11-12H2,1-5H3. The molecule has 0 atom stereocenters. The highest BCUT2D eigenvalue weighted by molar-refractivity contribution is 7.99. The van der Waals surface area contributed by atoms with E-state index in [0.717, 1.165) is 33.8 Å². The third-order valence-electron chi connectivity index (χ3n) is 4.61. The summed E-state index contributed by atoms with van der Waals surface area (Å²) in [6, 6.07) is 14.2. The van der Waals surface area contributed by atoms with Crippen LogP contribution in [0.25, 0.3) is 11.4 Å². The largest absolute Gasteiger partial charge is 0.497 e. The van der Waals surface area contributed by atoms with E-state index in [4.69, 9.17) is 9.47 Å². The van der Waals surface area contributed by atoms with Gasteiger partial charge in [0.2, 0.25) is 0 Å². The van der Waals surface area contributed by atoms with Crippen molar-refractivity contribution < 1.29 is 9.47 Å². The Kier molecular flexibility index (Phi) is 6.62. The van der Waals surface area contributed by atoms with Gasteiger partial charge in [-0.2, -0.15) is 0 Å². The van der Waals surface area contributed by atoms with Crippen LogP contribution in [0.2, 0.25) is 0 Å². The molecule has 1 aromatic heterocycles. The van der Waals surface area contributed by atoms with Crippen molar-refractivity contribution in [3.8, 4) is 22.9 Å². The minimum atomic E-state index is 0.527. The quantitative estimate of drug-likeness (QED) is 0.391. The molecule has 0 amide bonds. The highest BCUT2D eigenvalue weighted by Crippen LogP contribution is 2.26. The van der Waals surface area contributed by atoms with E-state index in [1.54, 1.807) is 18.9 Å². The van der Waals surface area contributed by atoms with Crippen LogP contribution in [0.1, 0.15) is 30.9 Å². The summed E-state index contributed by atoms with van der Waals surface area (Å²) in [5.41, 5.74) is 3.63. The van der Waals surface area contributed by atoms with E-state index in [1.165, 1.54) is 11.1 Å². The number of hydrogen-bond donors (Lipinski definition) is 0. The highest BCUT2D eigenvalue weighted by Gasteiger charge is 2.12. The Hall–Kier alpha value is -2.47. The van der Waals surface area contributed by atoms with E-state index >= 15 is 0 Å². The van der Waals surface area contributed by atoms with Crippen LogP contribution in [0.4, 0.5) is 0 Å². The molecule has 0 radical (unpaired) electrons. The number of thioether (sulfide) groups is 1. The van der Waals surface area contributed by atoms with Crippen LogP contribution >= 0.6 is 11.8 Å². The lowest BCUT2D eigenvalue weighted by molar-refractivity contribution is 0.343. The van der Waals surface area contributed by atoms with Crippen molar-refractivity contribution >= 4 is 11.8 Å². The van der Waals surface area contributed by atoms with Gasteiger partial charge in [0.15, 0.2) is 11.0 Å². The Balaban J connectivity index is 1.57. The average Bonchev–Trinajstić information content (AvgIpc) is 3.05. The van der Waals surface area contributed by atoms with Gasteiger partial charge in [0.1, 0.15) is 11.5 Å². The van der Waals surface area contributed by atoms with Crippen LogP contribution in [0.15, 0.2) is 47.6 Å². The minimum absolute atomic E-state index is 0.527. The molecule has 3 rings (SSSR count). The summed E-state index contributed by atoms with van der Waals surface area (Å²) in [7, 11) is 3.64. The highest BCUT2D eigenvalue weighted by atomic mass is 32.2. The lowest BCUT2D eigenvalue weighted by atomic mass is 9.98. The van der Waals surface area contributed by atoms with Crippen molar-refractivity contribution in [2.45, 2.75) is 31.8 Å².